The van der Waals surface area contributed by atoms with Crippen molar-refractivity contribution in [3.05, 3.63) is 52.1 Å². The molecular weight excluding hydrogens is 254 g/mol. The number of rotatable bonds is 3. The summed E-state index contributed by atoms with van der Waals surface area (Å²) in [5.74, 6) is 0. The lowest BCUT2D eigenvalue weighted by Gasteiger charge is -2.06. The molecule has 0 atom stereocenters. The third kappa shape index (κ3) is 2.58. The molecule has 0 bridgehead atoms. The summed E-state index contributed by atoms with van der Waals surface area (Å²) in [6, 6.07) is 10.3. The van der Waals surface area contributed by atoms with E-state index in [9.17, 15) is 0 Å². The fourth-order valence-corrected chi connectivity index (χ4v) is 2.98. The standard InChI is InChI=1S/C15H15N3S/c1-10-15(19-11(2)18-10)9-17-13-5-6-14-12(8-13)4-3-7-16-14/h3-8,17H,9H2,1-2H3. The maximum Gasteiger partial charge on any atom is 0.0900 e. The fraction of sp³-hybridized carbons (Fsp3) is 0.200. The van der Waals surface area contributed by atoms with Crippen LogP contribution in [0.1, 0.15) is 15.6 Å². The van der Waals surface area contributed by atoms with Gasteiger partial charge < -0.3 is 5.32 Å². The van der Waals surface area contributed by atoms with Crippen LogP contribution in [0.2, 0.25) is 0 Å². The smallest absolute Gasteiger partial charge is 0.0900 e. The van der Waals surface area contributed by atoms with Crippen molar-refractivity contribution < 1.29 is 0 Å². The second-order valence-corrected chi connectivity index (χ2v) is 5.79. The molecule has 0 aliphatic rings. The number of hydrogen-bond acceptors (Lipinski definition) is 4. The number of aromatic nitrogens is 2. The van der Waals surface area contributed by atoms with Crippen molar-refractivity contribution in [3.63, 3.8) is 0 Å². The van der Waals surface area contributed by atoms with Gasteiger partial charge in [-0.05, 0) is 38.1 Å². The first-order valence-electron chi connectivity index (χ1n) is 6.24. The lowest BCUT2D eigenvalue weighted by atomic mass is 10.2. The molecule has 1 N–H and O–H groups in total. The predicted octanol–water partition coefficient (Wildman–Crippen LogP) is 3.92. The fourth-order valence-electron chi connectivity index (χ4n) is 2.11. The predicted molar refractivity (Wildman–Crippen MR) is 80.7 cm³/mol. The van der Waals surface area contributed by atoms with E-state index in [0.717, 1.165) is 33.8 Å². The summed E-state index contributed by atoms with van der Waals surface area (Å²) in [6.45, 7) is 4.93. The summed E-state index contributed by atoms with van der Waals surface area (Å²) < 4.78 is 0. The average molecular weight is 269 g/mol. The number of nitrogens with zero attached hydrogens (tertiary/aromatic N) is 2. The second kappa shape index (κ2) is 4.97. The number of pyridine rings is 1. The number of thiazole rings is 1. The summed E-state index contributed by atoms with van der Waals surface area (Å²) in [4.78, 5) is 10.1. The molecule has 0 amide bonds. The molecule has 0 aliphatic carbocycles. The van der Waals surface area contributed by atoms with E-state index < -0.39 is 0 Å². The number of nitrogens with one attached hydrogen (secondary N) is 1. The zero-order chi connectivity index (χ0) is 13.2. The van der Waals surface area contributed by atoms with Gasteiger partial charge in [0, 0.05) is 22.1 Å². The van der Waals surface area contributed by atoms with E-state index in [1.54, 1.807) is 11.3 Å². The first-order chi connectivity index (χ1) is 9.22. The van der Waals surface area contributed by atoms with Crippen LogP contribution in [0.4, 0.5) is 5.69 Å². The monoisotopic (exact) mass is 269 g/mol. The summed E-state index contributed by atoms with van der Waals surface area (Å²) in [6.07, 6.45) is 1.82. The molecule has 0 fully saturated rings. The van der Waals surface area contributed by atoms with E-state index in [0.29, 0.717) is 0 Å². The maximum absolute atomic E-state index is 4.44. The van der Waals surface area contributed by atoms with Gasteiger partial charge in [-0.1, -0.05) is 6.07 Å². The van der Waals surface area contributed by atoms with E-state index >= 15 is 0 Å². The lowest BCUT2D eigenvalue weighted by molar-refractivity contribution is 1.11. The van der Waals surface area contributed by atoms with Crippen molar-refractivity contribution in [2.75, 3.05) is 5.32 Å². The Hall–Kier alpha value is -1.94. The quantitative estimate of drug-likeness (QED) is 0.783. The minimum absolute atomic E-state index is 0.823. The van der Waals surface area contributed by atoms with Gasteiger partial charge in [0.1, 0.15) is 0 Å². The second-order valence-electron chi connectivity index (χ2n) is 4.51. The molecule has 0 saturated carbocycles. The molecule has 0 aliphatic heterocycles. The van der Waals surface area contributed by atoms with Gasteiger partial charge in [-0.3, -0.25) is 4.98 Å². The van der Waals surface area contributed by atoms with Crippen molar-refractivity contribution in [3.8, 4) is 0 Å². The van der Waals surface area contributed by atoms with E-state index in [2.05, 4.69) is 40.4 Å². The average Bonchev–Trinajstić information content (AvgIpc) is 2.74. The van der Waals surface area contributed by atoms with Crippen LogP contribution < -0.4 is 5.32 Å². The van der Waals surface area contributed by atoms with Gasteiger partial charge in [0.05, 0.1) is 22.8 Å². The van der Waals surface area contributed by atoms with Crippen molar-refractivity contribution in [1.29, 1.82) is 0 Å². The Morgan fingerprint density at radius 3 is 2.89 bits per heavy atom. The highest BCUT2D eigenvalue weighted by atomic mass is 32.1. The maximum atomic E-state index is 4.44. The van der Waals surface area contributed by atoms with Crippen LogP contribution in [0.25, 0.3) is 10.9 Å². The number of hydrogen-bond donors (Lipinski definition) is 1. The highest BCUT2D eigenvalue weighted by molar-refractivity contribution is 7.11. The Morgan fingerprint density at radius 2 is 2.11 bits per heavy atom. The largest absolute Gasteiger partial charge is 0.380 e. The molecule has 0 radical (unpaired) electrons. The molecule has 2 heterocycles. The minimum atomic E-state index is 0.823. The number of aryl methyl sites for hydroxylation is 2. The molecule has 3 aromatic rings. The van der Waals surface area contributed by atoms with Gasteiger partial charge >= 0.3 is 0 Å². The van der Waals surface area contributed by atoms with Crippen LogP contribution in [-0.2, 0) is 6.54 Å². The van der Waals surface area contributed by atoms with Crippen molar-refractivity contribution in [2.45, 2.75) is 20.4 Å². The Kier molecular flexibility index (Phi) is 3.17. The molecule has 3 nitrogen and oxygen atoms in total. The third-order valence-corrected chi connectivity index (χ3v) is 4.13. The SMILES string of the molecule is Cc1nc(C)c(CNc2ccc3ncccc3c2)s1. The summed E-state index contributed by atoms with van der Waals surface area (Å²) >= 11 is 1.75. The number of anilines is 1. The van der Waals surface area contributed by atoms with Crippen LogP contribution in [-0.4, -0.2) is 9.97 Å². The van der Waals surface area contributed by atoms with Gasteiger partial charge in [-0.25, -0.2) is 4.98 Å². The van der Waals surface area contributed by atoms with Gasteiger partial charge in [-0.2, -0.15) is 0 Å². The van der Waals surface area contributed by atoms with E-state index in [-0.39, 0.29) is 0 Å². The molecular formula is C15H15N3S. The molecule has 19 heavy (non-hydrogen) atoms. The van der Waals surface area contributed by atoms with Crippen molar-refractivity contribution >= 4 is 27.9 Å². The molecule has 0 spiro atoms. The summed E-state index contributed by atoms with van der Waals surface area (Å²) in [7, 11) is 0. The highest BCUT2D eigenvalue weighted by Crippen LogP contribution is 2.21. The Labute approximate surface area is 116 Å². The Balaban J connectivity index is 1.80. The number of fused-ring (bicyclic) bond motifs is 1. The van der Waals surface area contributed by atoms with Gasteiger partial charge in [0.25, 0.3) is 0 Å². The van der Waals surface area contributed by atoms with Crippen LogP contribution in [0.3, 0.4) is 0 Å². The Bertz CT molecular complexity index is 718. The molecule has 2 aromatic heterocycles. The highest BCUT2D eigenvalue weighted by Gasteiger charge is 2.04. The molecule has 0 unspecified atom stereocenters. The zero-order valence-corrected chi connectivity index (χ0v) is 11.8. The zero-order valence-electron chi connectivity index (χ0n) is 11.0. The minimum Gasteiger partial charge on any atom is -0.380 e. The molecule has 1 aromatic carbocycles. The topological polar surface area (TPSA) is 37.8 Å². The van der Waals surface area contributed by atoms with Gasteiger partial charge in [0.2, 0.25) is 0 Å². The van der Waals surface area contributed by atoms with E-state index in [1.165, 1.54) is 4.88 Å². The lowest BCUT2D eigenvalue weighted by Crippen LogP contribution is -1.98. The summed E-state index contributed by atoms with van der Waals surface area (Å²) in [5, 5.41) is 5.73. The Morgan fingerprint density at radius 1 is 1.21 bits per heavy atom. The third-order valence-electron chi connectivity index (χ3n) is 3.06. The van der Waals surface area contributed by atoms with Crippen LogP contribution in [0.5, 0.6) is 0 Å². The van der Waals surface area contributed by atoms with Gasteiger partial charge in [0.15, 0.2) is 0 Å². The van der Waals surface area contributed by atoms with Crippen molar-refractivity contribution in [2.24, 2.45) is 0 Å². The molecule has 4 heteroatoms. The molecule has 0 saturated heterocycles. The summed E-state index contributed by atoms with van der Waals surface area (Å²) in [5.41, 5.74) is 3.27. The van der Waals surface area contributed by atoms with Gasteiger partial charge in [-0.15, -0.1) is 11.3 Å². The normalized spacial score (nSPS) is 10.8. The number of benzene rings is 1. The molecule has 3 rings (SSSR count). The van der Waals surface area contributed by atoms with Crippen molar-refractivity contribution in [1.82, 2.24) is 9.97 Å². The first kappa shape index (κ1) is 12.1. The van der Waals surface area contributed by atoms with E-state index in [1.807, 2.05) is 25.3 Å². The van der Waals surface area contributed by atoms with Crippen LogP contribution in [0.15, 0.2) is 36.5 Å². The van der Waals surface area contributed by atoms with E-state index in [4.69, 9.17) is 0 Å². The first-order valence-corrected chi connectivity index (χ1v) is 7.05. The molecule has 96 valence electrons. The van der Waals surface area contributed by atoms with Crippen LogP contribution >= 0.6 is 11.3 Å². The van der Waals surface area contributed by atoms with Crippen LogP contribution in [0, 0.1) is 13.8 Å².